The normalized spacial score (nSPS) is 10.3. The number of aromatic nitrogens is 2. The van der Waals surface area contributed by atoms with Crippen LogP contribution in [0.4, 0.5) is 5.82 Å². The Bertz CT molecular complexity index is 614. The Kier molecular flexibility index (Phi) is 5.08. The van der Waals surface area contributed by atoms with Crippen molar-refractivity contribution in [3.63, 3.8) is 0 Å². The molecule has 2 rings (SSSR count). The van der Waals surface area contributed by atoms with Crippen molar-refractivity contribution in [1.82, 2.24) is 15.3 Å². The number of hydrogen-bond acceptors (Lipinski definition) is 5. The fourth-order valence-electron chi connectivity index (χ4n) is 1.67. The molecular formula is C13H15BrN4OS. The Morgan fingerprint density at radius 2 is 2.25 bits per heavy atom. The van der Waals surface area contributed by atoms with Crippen LogP contribution in [0.1, 0.15) is 27.9 Å². The van der Waals surface area contributed by atoms with Crippen LogP contribution < -0.4 is 10.6 Å². The van der Waals surface area contributed by atoms with Crippen LogP contribution in [-0.2, 0) is 6.54 Å². The molecule has 0 bridgehead atoms. The van der Waals surface area contributed by atoms with Crippen LogP contribution in [0.15, 0.2) is 22.2 Å². The van der Waals surface area contributed by atoms with Gasteiger partial charge in [-0.2, -0.15) is 0 Å². The van der Waals surface area contributed by atoms with Gasteiger partial charge in [-0.3, -0.25) is 4.79 Å². The van der Waals surface area contributed by atoms with Gasteiger partial charge in [-0.15, -0.1) is 11.3 Å². The van der Waals surface area contributed by atoms with Gasteiger partial charge in [0.25, 0.3) is 5.91 Å². The van der Waals surface area contributed by atoms with Crippen LogP contribution in [0, 0.1) is 6.92 Å². The maximum Gasteiger partial charge on any atom is 0.255 e. The molecule has 5 nitrogen and oxygen atoms in total. The van der Waals surface area contributed by atoms with E-state index in [4.69, 9.17) is 0 Å². The number of anilines is 1. The maximum absolute atomic E-state index is 12.3. The van der Waals surface area contributed by atoms with Crippen molar-refractivity contribution in [1.29, 1.82) is 0 Å². The summed E-state index contributed by atoms with van der Waals surface area (Å²) < 4.78 is 0.776. The van der Waals surface area contributed by atoms with Gasteiger partial charge in [-0.25, -0.2) is 9.97 Å². The van der Waals surface area contributed by atoms with E-state index in [2.05, 4.69) is 36.5 Å². The molecule has 0 fully saturated rings. The van der Waals surface area contributed by atoms with E-state index in [1.165, 1.54) is 11.3 Å². The first kappa shape index (κ1) is 14.9. The quantitative estimate of drug-likeness (QED) is 0.865. The minimum atomic E-state index is -0.150. The number of thiazole rings is 1. The Balaban J connectivity index is 2.12. The number of hydrogen-bond donors (Lipinski definition) is 2. The van der Waals surface area contributed by atoms with Crippen molar-refractivity contribution < 1.29 is 4.79 Å². The molecule has 0 spiro atoms. The second-order valence-electron chi connectivity index (χ2n) is 4.12. The SMILES string of the molecule is CCNc1ncc(Br)cc1C(=O)NCc1scnc1C. The van der Waals surface area contributed by atoms with E-state index >= 15 is 0 Å². The predicted molar refractivity (Wildman–Crippen MR) is 84.1 cm³/mol. The van der Waals surface area contributed by atoms with Gasteiger partial charge in [0.2, 0.25) is 0 Å². The van der Waals surface area contributed by atoms with Crippen molar-refractivity contribution in [2.24, 2.45) is 0 Å². The van der Waals surface area contributed by atoms with Gasteiger partial charge in [-0.1, -0.05) is 0 Å². The van der Waals surface area contributed by atoms with Crippen molar-refractivity contribution in [3.05, 3.63) is 38.4 Å². The number of nitrogens with one attached hydrogen (secondary N) is 2. The summed E-state index contributed by atoms with van der Waals surface area (Å²) in [6.45, 7) is 5.09. The lowest BCUT2D eigenvalue weighted by molar-refractivity contribution is 0.0951. The summed E-state index contributed by atoms with van der Waals surface area (Å²) in [6.07, 6.45) is 1.67. The Labute approximate surface area is 130 Å². The molecule has 0 unspecified atom stereocenters. The molecule has 0 aromatic carbocycles. The average molecular weight is 355 g/mol. The second kappa shape index (κ2) is 6.81. The first-order valence-corrected chi connectivity index (χ1v) is 7.85. The number of pyridine rings is 1. The molecule has 0 saturated carbocycles. The fraction of sp³-hybridized carbons (Fsp3) is 0.308. The summed E-state index contributed by atoms with van der Waals surface area (Å²) in [4.78, 5) is 21.7. The largest absolute Gasteiger partial charge is 0.370 e. The molecule has 1 amide bonds. The van der Waals surface area contributed by atoms with Crippen molar-refractivity contribution in [2.45, 2.75) is 20.4 Å². The highest BCUT2D eigenvalue weighted by Crippen LogP contribution is 2.18. The summed E-state index contributed by atoms with van der Waals surface area (Å²) in [6, 6.07) is 1.76. The highest BCUT2D eigenvalue weighted by Gasteiger charge is 2.13. The molecule has 0 radical (unpaired) electrons. The van der Waals surface area contributed by atoms with E-state index in [0.717, 1.165) is 15.0 Å². The van der Waals surface area contributed by atoms with Crippen LogP contribution in [0.2, 0.25) is 0 Å². The van der Waals surface area contributed by atoms with Crippen LogP contribution in [0.5, 0.6) is 0 Å². The summed E-state index contributed by atoms with van der Waals surface area (Å²) >= 11 is 4.88. The van der Waals surface area contributed by atoms with Gasteiger partial charge in [0.1, 0.15) is 5.82 Å². The Morgan fingerprint density at radius 1 is 1.45 bits per heavy atom. The average Bonchev–Trinajstić information content (AvgIpc) is 2.84. The summed E-state index contributed by atoms with van der Waals surface area (Å²) in [5, 5.41) is 5.99. The first-order chi connectivity index (χ1) is 9.61. The monoisotopic (exact) mass is 354 g/mol. The smallest absolute Gasteiger partial charge is 0.255 e. The van der Waals surface area contributed by atoms with Crippen molar-refractivity contribution in [2.75, 3.05) is 11.9 Å². The number of aryl methyl sites for hydroxylation is 1. The third-order valence-corrected chi connectivity index (χ3v) is 4.07. The van der Waals surface area contributed by atoms with Crippen LogP contribution in [0.25, 0.3) is 0 Å². The van der Waals surface area contributed by atoms with Crippen LogP contribution in [-0.4, -0.2) is 22.4 Å². The zero-order valence-electron chi connectivity index (χ0n) is 11.2. The summed E-state index contributed by atoms with van der Waals surface area (Å²) in [5.74, 6) is 0.441. The molecule has 2 N–H and O–H groups in total. The molecule has 106 valence electrons. The first-order valence-electron chi connectivity index (χ1n) is 6.18. The maximum atomic E-state index is 12.3. The Morgan fingerprint density at radius 3 is 2.90 bits per heavy atom. The number of nitrogens with zero attached hydrogens (tertiary/aromatic N) is 2. The van der Waals surface area contributed by atoms with Crippen molar-refractivity contribution in [3.8, 4) is 0 Å². The molecule has 2 aromatic heterocycles. The van der Waals surface area contributed by atoms with Gasteiger partial charge >= 0.3 is 0 Å². The number of halogens is 1. The lowest BCUT2D eigenvalue weighted by Gasteiger charge is -2.10. The van der Waals surface area contributed by atoms with E-state index in [1.807, 2.05) is 13.8 Å². The van der Waals surface area contributed by atoms with Gasteiger partial charge in [-0.05, 0) is 35.8 Å². The topological polar surface area (TPSA) is 66.9 Å². The molecule has 2 heterocycles. The second-order valence-corrected chi connectivity index (χ2v) is 5.98. The summed E-state index contributed by atoms with van der Waals surface area (Å²) in [7, 11) is 0. The van der Waals surface area contributed by atoms with E-state index in [9.17, 15) is 4.79 Å². The number of amides is 1. The number of carbonyl (C=O) groups is 1. The highest BCUT2D eigenvalue weighted by molar-refractivity contribution is 9.10. The number of carbonyl (C=O) groups excluding carboxylic acids is 1. The number of rotatable bonds is 5. The Hall–Kier alpha value is -1.47. The minimum Gasteiger partial charge on any atom is -0.370 e. The molecule has 2 aromatic rings. The zero-order valence-corrected chi connectivity index (χ0v) is 13.6. The van der Waals surface area contributed by atoms with Gasteiger partial charge in [0.05, 0.1) is 23.3 Å². The molecule has 0 atom stereocenters. The molecule has 0 aliphatic rings. The van der Waals surface area contributed by atoms with Crippen LogP contribution in [0.3, 0.4) is 0 Å². The van der Waals surface area contributed by atoms with E-state index in [-0.39, 0.29) is 5.91 Å². The van der Waals surface area contributed by atoms with Gasteiger partial charge in [0, 0.05) is 22.1 Å². The third-order valence-electron chi connectivity index (χ3n) is 2.70. The molecule has 0 saturated heterocycles. The summed E-state index contributed by atoms with van der Waals surface area (Å²) in [5.41, 5.74) is 3.26. The minimum absolute atomic E-state index is 0.150. The molecule has 20 heavy (non-hydrogen) atoms. The molecular weight excluding hydrogens is 340 g/mol. The molecule has 0 aliphatic heterocycles. The van der Waals surface area contributed by atoms with Gasteiger partial charge in [0.15, 0.2) is 0 Å². The standard InChI is InChI=1S/C13H15BrN4OS/c1-3-15-12-10(4-9(14)5-16-12)13(19)17-6-11-8(2)18-7-20-11/h4-5,7H,3,6H2,1-2H3,(H,15,16)(H,17,19). The highest BCUT2D eigenvalue weighted by atomic mass is 79.9. The van der Waals surface area contributed by atoms with Crippen LogP contribution >= 0.6 is 27.3 Å². The van der Waals surface area contributed by atoms with E-state index in [1.54, 1.807) is 17.8 Å². The van der Waals surface area contributed by atoms with E-state index in [0.29, 0.717) is 24.5 Å². The molecule has 7 heteroatoms. The van der Waals surface area contributed by atoms with Gasteiger partial charge < -0.3 is 10.6 Å². The lowest BCUT2D eigenvalue weighted by Crippen LogP contribution is -2.24. The predicted octanol–water partition coefficient (Wildman–Crippen LogP) is 2.97. The third kappa shape index (κ3) is 3.55. The molecule has 0 aliphatic carbocycles. The zero-order chi connectivity index (χ0) is 14.5. The fourth-order valence-corrected chi connectivity index (χ4v) is 2.72. The van der Waals surface area contributed by atoms with Crippen molar-refractivity contribution >= 4 is 39.0 Å². The van der Waals surface area contributed by atoms with E-state index < -0.39 is 0 Å². The lowest BCUT2D eigenvalue weighted by atomic mass is 10.2.